The molecule has 1 saturated heterocycles. The summed E-state index contributed by atoms with van der Waals surface area (Å²) in [7, 11) is 0. The van der Waals surface area contributed by atoms with Gasteiger partial charge in [0.1, 0.15) is 0 Å². The van der Waals surface area contributed by atoms with Crippen molar-refractivity contribution in [2.75, 3.05) is 30.7 Å². The zero-order chi connectivity index (χ0) is 26.0. The van der Waals surface area contributed by atoms with Crippen LogP contribution in [-0.4, -0.2) is 30.4 Å². The topological polar surface area (TPSA) is 70.4 Å². The SMILES string of the molecule is Nc1ccc(-c2ccccc2)cc1NC(=O)c1ccc(CN2Cc3ccccc3C3(CCNCC3)C2)cc1. The summed E-state index contributed by atoms with van der Waals surface area (Å²) < 4.78 is 0. The first-order valence-corrected chi connectivity index (χ1v) is 13.5. The van der Waals surface area contributed by atoms with Crippen LogP contribution >= 0.6 is 0 Å². The molecule has 5 heteroatoms. The van der Waals surface area contributed by atoms with Crippen molar-refractivity contribution in [2.45, 2.75) is 31.3 Å². The van der Waals surface area contributed by atoms with Gasteiger partial charge in [0.2, 0.25) is 0 Å². The molecule has 4 N–H and O–H groups in total. The summed E-state index contributed by atoms with van der Waals surface area (Å²) in [6.07, 6.45) is 2.35. The Labute approximate surface area is 224 Å². The lowest BCUT2D eigenvalue weighted by Crippen LogP contribution is -2.50. The lowest BCUT2D eigenvalue weighted by atomic mass is 9.69. The maximum atomic E-state index is 13.1. The van der Waals surface area contributed by atoms with Gasteiger partial charge in [-0.15, -0.1) is 0 Å². The highest BCUT2D eigenvalue weighted by Gasteiger charge is 2.40. The molecule has 1 amide bonds. The zero-order valence-corrected chi connectivity index (χ0v) is 21.6. The number of piperidine rings is 1. The summed E-state index contributed by atoms with van der Waals surface area (Å²) in [5, 5.41) is 6.54. The van der Waals surface area contributed by atoms with Gasteiger partial charge in [-0.3, -0.25) is 9.69 Å². The van der Waals surface area contributed by atoms with Crippen molar-refractivity contribution in [3.63, 3.8) is 0 Å². The van der Waals surface area contributed by atoms with Crippen LogP contribution in [0, 0.1) is 0 Å². The number of nitrogens with two attached hydrogens (primary N) is 1. The molecule has 4 aromatic rings. The number of hydrogen-bond acceptors (Lipinski definition) is 4. The monoisotopic (exact) mass is 502 g/mol. The summed E-state index contributed by atoms with van der Waals surface area (Å²) in [6, 6.07) is 32.8. The number of carbonyl (C=O) groups is 1. The minimum absolute atomic E-state index is 0.158. The lowest BCUT2D eigenvalue weighted by molar-refractivity contribution is 0.102. The first kappa shape index (κ1) is 24.4. The summed E-state index contributed by atoms with van der Waals surface area (Å²) >= 11 is 0. The Morgan fingerprint density at radius 2 is 1.61 bits per heavy atom. The van der Waals surface area contributed by atoms with E-state index in [0.29, 0.717) is 16.9 Å². The van der Waals surface area contributed by atoms with Gasteiger partial charge in [-0.2, -0.15) is 0 Å². The Morgan fingerprint density at radius 3 is 2.39 bits per heavy atom. The Balaban J connectivity index is 1.15. The zero-order valence-electron chi connectivity index (χ0n) is 21.6. The second-order valence-electron chi connectivity index (χ2n) is 10.7. The number of benzene rings is 4. The van der Waals surface area contributed by atoms with Gasteiger partial charge in [0.25, 0.3) is 5.91 Å². The van der Waals surface area contributed by atoms with Crippen molar-refractivity contribution in [2.24, 2.45) is 0 Å². The number of fused-ring (bicyclic) bond motifs is 2. The normalized spacial score (nSPS) is 16.6. The van der Waals surface area contributed by atoms with Crippen molar-refractivity contribution in [1.29, 1.82) is 0 Å². The van der Waals surface area contributed by atoms with E-state index in [4.69, 9.17) is 5.73 Å². The van der Waals surface area contributed by atoms with Crippen molar-refractivity contribution >= 4 is 17.3 Å². The van der Waals surface area contributed by atoms with Crippen LogP contribution in [0.4, 0.5) is 11.4 Å². The number of nitrogens with one attached hydrogen (secondary N) is 2. The first-order chi connectivity index (χ1) is 18.6. The minimum atomic E-state index is -0.158. The maximum Gasteiger partial charge on any atom is 0.255 e. The van der Waals surface area contributed by atoms with Crippen molar-refractivity contribution in [3.05, 3.63) is 119 Å². The molecule has 0 aliphatic carbocycles. The number of amides is 1. The van der Waals surface area contributed by atoms with E-state index in [9.17, 15) is 4.79 Å². The summed E-state index contributed by atoms with van der Waals surface area (Å²) in [5.74, 6) is -0.158. The molecule has 2 aliphatic heterocycles. The van der Waals surface area contributed by atoms with Crippen LogP contribution in [0.5, 0.6) is 0 Å². The van der Waals surface area contributed by atoms with Gasteiger partial charge in [-0.1, -0.05) is 72.8 Å². The molecule has 1 fully saturated rings. The number of nitrogens with zero attached hydrogens (tertiary/aromatic N) is 1. The van der Waals surface area contributed by atoms with Crippen molar-refractivity contribution in [3.8, 4) is 11.1 Å². The molecular weight excluding hydrogens is 468 g/mol. The molecule has 1 spiro atoms. The molecule has 2 heterocycles. The van der Waals surface area contributed by atoms with E-state index in [0.717, 1.165) is 43.9 Å². The van der Waals surface area contributed by atoms with Crippen LogP contribution < -0.4 is 16.4 Å². The molecule has 6 rings (SSSR count). The molecule has 0 unspecified atom stereocenters. The molecule has 2 aliphatic rings. The van der Waals surface area contributed by atoms with Gasteiger partial charge in [0.05, 0.1) is 11.4 Å². The van der Waals surface area contributed by atoms with Gasteiger partial charge in [-0.25, -0.2) is 0 Å². The molecule has 0 bridgehead atoms. The smallest absolute Gasteiger partial charge is 0.255 e. The fourth-order valence-electron chi connectivity index (χ4n) is 6.12. The van der Waals surface area contributed by atoms with E-state index >= 15 is 0 Å². The van der Waals surface area contributed by atoms with E-state index in [1.165, 1.54) is 24.0 Å². The maximum absolute atomic E-state index is 13.1. The molecule has 5 nitrogen and oxygen atoms in total. The number of hydrogen-bond donors (Lipinski definition) is 3. The minimum Gasteiger partial charge on any atom is -0.397 e. The van der Waals surface area contributed by atoms with Gasteiger partial charge in [0, 0.05) is 30.6 Å². The molecule has 38 heavy (non-hydrogen) atoms. The molecule has 0 atom stereocenters. The van der Waals surface area contributed by atoms with Crippen LogP contribution in [0.15, 0.2) is 97.1 Å². The molecule has 0 aromatic heterocycles. The van der Waals surface area contributed by atoms with Crippen LogP contribution in [0.2, 0.25) is 0 Å². The fourth-order valence-corrected chi connectivity index (χ4v) is 6.12. The average molecular weight is 503 g/mol. The fraction of sp³-hybridized carbons (Fsp3) is 0.242. The van der Waals surface area contributed by atoms with Crippen LogP contribution in [0.25, 0.3) is 11.1 Å². The molecular formula is C33H34N4O. The van der Waals surface area contributed by atoms with E-state index in [2.05, 4.69) is 51.9 Å². The summed E-state index contributed by atoms with van der Waals surface area (Å²) in [4.78, 5) is 15.6. The van der Waals surface area contributed by atoms with Crippen LogP contribution in [-0.2, 0) is 18.5 Å². The molecule has 4 aromatic carbocycles. The Morgan fingerprint density at radius 1 is 0.868 bits per heavy atom. The van der Waals surface area contributed by atoms with Gasteiger partial charge >= 0.3 is 0 Å². The summed E-state index contributed by atoms with van der Waals surface area (Å²) in [6.45, 7) is 5.06. The van der Waals surface area contributed by atoms with Crippen molar-refractivity contribution in [1.82, 2.24) is 10.2 Å². The Hall–Kier alpha value is -3.93. The number of carbonyl (C=O) groups excluding carboxylic acids is 1. The second-order valence-corrected chi connectivity index (χ2v) is 10.7. The predicted octanol–water partition coefficient (Wildman–Crippen LogP) is 5.83. The standard InChI is InChI=1S/C33H34N4O/c34-30-15-14-27(25-6-2-1-3-7-25)20-31(30)36-32(38)26-12-10-24(11-13-26)21-37-22-28-8-4-5-9-29(28)33(23-37)16-18-35-19-17-33/h1-15,20,35H,16-19,21-23,34H2,(H,36,38). The second kappa shape index (κ2) is 10.4. The number of anilines is 2. The van der Waals surface area contributed by atoms with Gasteiger partial charge in [0.15, 0.2) is 0 Å². The average Bonchev–Trinajstić information content (AvgIpc) is 2.95. The van der Waals surface area contributed by atoms with Crippen LogP contribution in [0.1, 0.15) is 39.9 Å². The predicted molar refractivity (Wildman–Crippen MR) is 155 cm³/mol. The van der Waals surface area contributed by atoms with E-state index in [-0.39, 0.29) is 11.3 Å². The van der Waals surface area contributed by atoms with E-state index in [1.54, 1.807) is 5.56 Å². The highest BCUT2D eigenvalue weighted by atomic mass is 16.1. The van der Waals surface area contributed by atoms with E-state index < -0.39 is 0 Å². The molecule has 192 valence electrons. The van der Waals surface area contributed by atoms with Gasteiger partial charge in [-0.05, 0) is 78.0 Å². The number of nitrogen functional groups attached to an aromatic ring is 1. The Kier molecular flexibility index (Phi) is 6.71. The number of rotatable bonds is 5. The third-order valence-corrected chi connectivity index (χ3v) is 8.10. The van der Waals surface area contributed by atoms with Crippen molar-refractivity contribution < 1.29 is 4.79 Å². The van der Waals surface area contributed by atoms with Crippen LogP contribution in [0.3, 0.4) is 0 Å². The highest BCUT2D eigenvalue weighted by Crippen LogP contribution is 2.40. The third kappa shape index (κ3) is 4.95. The first-order valence-electron chi connectivity index (χ1n) is 13.5. The Bertz CT molecular complexity index is 1430. The highest BCUT2D eigenvalue weighted by molar-refractivity contribution is 6.06. The lowest BCUT2D eigenvalue weighted by Gasteiger charge is -2.46. The summed E-state index contributed by atoms with van der Waals surface area (Å²) in [5.41, 5.74) is 14.5. The molecule has 0 saturated carbocycles. The molecule has 0 radical (unpaired) electrons. The largest absolute Gasteiger partial charge is 0.397 e. The quantitative estimate of drug-likeness (QED) is 0.301. The third-order valence-electron chi connectivity index (χ3n) is 8.10. The van der Waals surface area contributed by atoms with E-state index in [1.807, 2.05) is 60.7 Å². The van der Waals surface area contributed by atoms with Gasteiger partial charge < -0.3 is 16.4 Å².